The fourth-order valence-electron chi connectivity index (χ4n) is 12.2. The van der Waals surface area contributed by atoms with E-state index in [1.54, 1.807) is 6.33 Å². The second kappa shape index (κ2) is 17.9. The lowest BCUT2D eigenvalue weighted by Crippen LogP contribution is -2.05. The third-order valence-corrected chi connectivity index (χ3v) is 17.4. The van der Waals surface area contributed by atoms with Crippen molar-refractivity contribution >= 4 is 107 Å². The number of nitrogens with zero attached hydrogens (tertiary/aromatic N) is 7. The highest BCUT2D eigenvalue weighted by molar-refractivity contribution is 7.25. The third kappa shape index (κ3) is 7.45. The molecule has 7 nitrogen and oxygen atoms in total. The van der Waals surface area contributed by atoms with Gasteiger partial charge in [0.05, 0.1) is 33.5 Å². The van der Waals surface area contributed by atoms with E-state index in [4.69, 9.17) is 24.9 Å². The molecule has 5 aromatic heterocycles. The van der Waals surface area contributed by atoms with Crippen LogP contribution in [0.1, 0.15) is 0 Å². The number of thiophene rings is 1. The van der Waals surface area contributed by atoms with E-state index < -0.39 is 0 Å². The van der Waals surface area contributed by atoms with Gasteiger partial charge >= 0.3 is 0 Å². The van der Waals surface area contributed by atoms with Crippen LogP contribution in [0.4, 0.5) is 0 Å². The second-order valence-electron chi connectivity index (χ2n) is 20.9. The van der Waals surface area contributed by atoms with Crippen molar-refractivity contribution in [2.45, 2.75) is 0 Å². The lowest BCUT2D eigenvalue weighted by Gasteiger charge is -2.12. The van der Waals surface area contributed by atoms with Gasteiger partial charge in [0, 0.05) is 58.4 Å². The Balaban J connectivity index is 0.952. The molecule has 5 heterocycles. The van der Waals surface area contributed by atoms with Crippen LogP contribution in [0, 0.1) is 0 Å². The topological polar surface area (TPSA) is 74.3 Å². The minimum absolute atomic E-state index is 0.522. The molecule has 0 amide bonds. The maximum absolute atomic E-state index is 5.60. The second-order valence-corrected chi connectivity index (χ2v) is 22.0. The molecule has 8 heteroatoms. The number of benzene rings is 12. The molecule has 0 aliphatic carbocycles. The van der Waals surface area contributed by atoms with Crippen LogP contribution in [0.15, 0.2) is 261 Å². The molecule has 81 heavy (non-hydrogen) atoms. The van der Waals surface area contributed by atoms with Gasteiger partial charge in [-0.05, 0) is 127 Å². The van der Waals surface area contributed by atoms with Crippen LogP contribution in [0.3, 0.4) is 0 Å². The van der Waals surface area contributed by atoms with Crippen molar-refractivity contribution < 1.29 is 0 Å². The van der Waals surface area contributed by atoms with Crippen LogP contribution >= 0.6 is 11.3 Å². The van der Waals surface area contributed by atoms with Crippen LogP contribution in [-0.2, 0) is 0 Å². The predicted molar refractivity (Wildman–Crippen MR) is 337 cm³/mol. The van der Waals surface area contributed by atoms with Crippen molar-refractivity contribution in [1.29, 1.82) is 0 Å². The molecule has 376 valence electrons. The molecule has 0 aliphatic heterocycles. The summed E-state index contributed by atoms with van der Waals surface area (Å²) in [5.41, 5.74) is 13.0. The van der Waals surface area contributed by atoms with Gasteiger partial charge in [0.15, 0.2) is 5.82 Å². The van der Waals surface area contributed by atoms with Gasteiger partial charge in [-0.1, -0.05) is 182 Å². The van der Waals surface area contributed by atoms with Crippen LogP contribution in [0.25, 0.3) is 164 Å². The van der Waals surface area contributed by atoms with E-state index in [1.165, 1.54) is 41.7 Å². The zero-order valence-electron chi connectivity index (χ0n) is 43.4. The van der Waals surface area contributed by atoms with Crippen molar-refractivity contribution in [2.75, 3.05) is 0 Å². The van der Waals surface area contributed by atoms with E-state index in [-0.39, 0.29) is 0 Å². The van der Waals surface area contributed by atoms with Gasteiger partial charge in [-0.25, -0.2) is 19.9 Å². The molecular weight excluding hydrogens is 1010 g/mol. The van der Waals surface area contributed by atoms with E-state index in [9.17, 15) is 0 Å². The van der Waals surface area contributed by atoms with Crippen LogP contribution < -0.4 is 0 Å². The maximum Gasteiger partial charge on any atom is 0.238 e. The minimum Gasteiger partial charge on any atom is -0.278 e. The monoisotopic (exact) mass is 1050 g/mol. The predicted octanol–water partition coefficient (Wildman–Crippen LogP) is 19.0. The first kappa shape index (κ1) is 45.4. The van der Waals surface area contributed by atoms with E-state index in [0.29, 0.717) is 17.7 Å². The summed E-state index contributed by atoms with van der Waals surface area (Å²) >= 11 is 1.81. The molecule has 0 aliphatic rings. The Kier molecular flexibility index (Phi) is 10.0. The number of rotatable bonds is 7. The lowest BCUT2D eigenvalue weighted by molar-refractivity contribution is 0.946. The SMILES string of the molecule is c1ccc(-c2cc(-c3ccc4c(c3)sc3ccccc34)nc(-n3c4ccc(-c5ccc6ccccc6c5)cc4c4cc5c6cc(-c7ccc8ccccc8c7)ccc6n(-c6ncnc(-c7ccc8ccccc8c7)n6)c5cc43)n2)cc1. The molecule has 0 radical (unpaired) electrons. The Bertz CT molecular complexity index is 5440. The molecule has 17 aromatic rings. The fourth-order valence-corrected chi connectivity index (χ4v) is 13.4. The van der Waals surface area contributed by atoms with Gasteiger partial charge in [0.25, 0.3) is 0 Å². The molecule has 0 saturated heterocycles. The van der Waals surface area contributed by atoms with Gasteiger partial charge in [-0.2, -0.15) is 4.98 Å². The number of hydrogen-bond donors (Lipinski definition) is 0. The van der Waals surface area contributed by atoms with Crippen LogP contribution in [0.2, 0.25) is 0 Å². The van der Waals surface area contributed by atoms with Crippen LogP contribution in [-0.4, -0.2) is 34.1 Å². The molecule has 0 saturated carbocycles. The first-order valence-corrected chi connectivity index (χ1v) is 28.0. The zero-order valence-corrected chi connectivity index (χ0v) is 44.2. The van der Waals surface area contributed by atoms with Gasteiger partial charge in [0.2, 0.25) is 11.9 Å². The Labute approximate surface area is 468 Å². The van der Waals surface area contributed by atoms with Crippen molar-refractivity contribution in [1.82, 2.24) is 34.1 Å². The Morgan fingerprint density at radius 3 is 1.38 bits per heavy atom. The average Bonchev–Trinajstić information content (AvgIpc) is 4.07. The van der Waals surface area contributed by atoms with Gasteiger partial charge in [0.1, 0.15) is 6.33 Å². The summed E-state index contributed by atoms with van der Waals surface area (Å²) in [7, 11) is 0. The fraction of sp³-hybridized carbons (Fsp3) is 0. The Hall–Kier alpha value is -10.7. The molecule has 0 unspecified atom stereocenters. The Morgan fingerprint density at radius 2 is 0.741 bits per heavy atom. The summed E-state index contributed by atoms with van der Waals surface area (Å²) in [4.78, 5) is 26.2. The number of aromatic nitrogens is 7. The first-order chi connectivity index (χ1) is 40.1. The highest BCUT2D eigenvalue weighted by Gasteiger charge is 2.24. The van der Waals surface area contributed by atoms with Gasteiger partial charge < -0.3 is 0 Å². The van der Waals surface area contributed by atoms with E-state index in [2.05, 4.69) is 258 Å². The summed E-state index contributed by atoms with van der Waals surface area (Å²) in [5.74, 6) is 1.69. The van der Waals surface area contributed by atoms with Gasteiger partial charge in [-0.3, -0.25) is 9.13 Å². The van der Waals surface area contributed by atoms with E-state index in [0.717, 1.165) is 105 Å². The molecule has 12 aromatic carbocycles. The smallest absolute Gasteiger partial charge is 0.238 e. The molecule has 0 bridgehead atoms. The largest absolute Gasteiger partial charge is 0.278 e. The van der Waals surface area contributed by atoms with Gasteiger partial charge in [-0.15, -0.1) is 11.3 Å². The normalized spacial score (nSPS) is 12.0. The summed E-state index contributed by atoms with van der Waals surface area (Å²) in [6.45, 7) is 0. The highest BCUT2D eigenvalue weighted by Crippen LogP contribution is 2.43. The third-order valence-electron chi connectivity index (χ3n) is 16.2. The number of hydrogen-bond acceptors (Lipinski definition) is 6. The van der Waals surface area contributed by atoms with E-state index in [1.807, 2.05) is 17.4 Å². The highest BCUT2D eigenvalue weighted by atomic mass is 32.1. The molecule has 0 fully saturated rings. The average molecular weight is 1050 g/mol. The van der Waals surface area contributed by atoms with Crippen molar-refractivity contribution in [2.24, 2.45) is 0 Å². The van der Waals surface area contributed by atoms with E-state index >= 15 is 0 Å². The molecule has 0 atom stereocenters. The lowest BCUT2D eigenvalue weighted by atomic mass is 9.98. The summed E-state index contributed by atoms with van der Waals surface area (Å²) in [6, 6.07) is 91.6. The molecule has 17 rings (SSSR count). The van der Waals surface area contributed by atoms with Crippen molar-refractivity contribution in [3.8, 4) is 68.1 Å². The van der Waals surface area contributed by atoms with Crippen molar-refractivity contribution in [3.05, 3.63) is 261 Å². The quantitative estimate of drug-likeness (QED) is 0.159. The minimum atomic E-state index is 0.522. The zero-order chi connectivity index (χ0) is 53.1. The van der Waals surface area contributed by atoms with Crippen LogP contribution in [0.5, 0.6) is 0 Å². The standard InChI is InChI=1S/C73H43N7S/c1-2-15-47(16-3-1)63-41-64(55-28-31-58-57-20-10-11-21-69(57)81-70(58)39-55)77-73(76-63)80-66-33-30-54(52-26-23-45-13-5-8-18-49(45)35-52)38-60(66)62-40-61-59-37-53(51-25-22-44-12-4-7-17-48(44)34-51)29-32-65(59)79(67(61)42-68(62)80)72-75-43-74-71(78-72)56-27-24-46-14-6-9-19-50(46)36-56/h1-43H. The number of fused-ring (bicyclic) bond motifs is 12. The summed E-state index contributed by atoms with van der Waals surface area (Å²) < 4.78 is 6.95. The Morgan fingerprint density at radius 1 is 0.259 bits per heavy atom. The maximum atomic E-state index is 5.60. The summed E-state index contributed by atoms with van der Waals surface area (Å²) in [6.07, 6.45) is 1.64. The summed E-state index contributed by atoms with van der Waals surface area (Å²) in [5, 5.41) is 13.9. The molecule has 0 spiro atoms. The molecule has 0 N–H and O–H groups in total. The first-order valence-electron chi connectivity index (χ1n) is 27.2. The van der Waals surface area contributed by atoms with Crippen molar-refractivity contribution in [3.63, 3.8) is 0 Å². The molecular formula is C73H43N7S.